The van der Waals surface area contributed by atoms with E-state index < -0.39 is 0 Å². The molecule has 0 atom stereocenters. The minimum absolute atomic E-state index is 0.0169. The van der Waals surface area contributed by atoms with Gasteiger partial charge >= 0.3 is 0 Å². The maximum Gasteiger partial charge on any atom is 0.136 e. The zero-order valence-electron chi connectivity index (χ0n) is 11.0. The van der Waals surface area contributed by atoms with Gasteiger partial charge in [-0.25, -0.2) is 0 Å². The van der Waals surface area contributed by atoms with Crippen LogP contribution >= 0.6 is 0 Å². The Morgan fingerprint density at radius 3 is 1.62 bits per heavy atom. The standard InChI is InChI=1S/C14H27BO/c1-15(2)13-7-3-11(4-8-13)12-5-9-14(16)10-6-12/h11-14,16H,3-10H2,1-2H3. The predicted octanol–water partition coefficient (Wildman–Crippen LogP) is 3.85. The summed E-state index contributed by atoms with van der Waals surface area (Å²) in [6.45, 7) is 5.64. The molecule has 92 valence electrons. The molecule has 16 heavy (non-hydrogen) atoms. The number of hydrogen-bond acceptors (Lipinski definition) is 1. The summed E-state index contributed by atoms with van der Waals surface area (Å²) < 4.78 is 0. The molecule has 0 amide bonds. The fourth-order valence-electron chi connectivity index (χ4n) is 3.86. The van der Waals surface area contributed by atoms with Crippen molar-refractivity contribution < 1.29 is 5.11 Å². The van der Waals surface area contributed by atoms with Gasteiger partial charge < -0.3 is 5.11 Å². The van der Waals surface area contributed by atoms with E-state index >= 15 is 0 Å². The highest BCUT2D eigenvalue weighted by Gasteiger charge is 2.31. The van der Waals surface area contributed by atoms with Gasteiger partial charge in [-0.15, -0.1) is 0 Å². The van der Waals surface area contributed by atoms with Crippen LogP contribution in [0.25, 0.3) is 0 Å². The third kappa shape index (κ3) is 3.03. The van der Waals surface area contributed by atoms with Gasteiger partial charge in [0, 0.05) is 0 Å². The smallest absolute Gasteiger partial charge is 0.136 e. The Morgan fingerprint density at radius 1 is 0.750 bits per heavy atom. The molecule has 1 nitrogen and oxygen atoms in total. The second kappa shape index (κ2) is 5.57. The summed E-state index contributed by atoms with van der Waals surface area (Å²) in [6, 6.07) is 0. The van der Waals surface area contributed by atoms with Crippen LogP contribution < -0.4 is 0 Å². The Labute approximate surface area is 101 Å². The average molecular weight is 222 g/mol. The summed E-state index contributed by atoms with van der Waals surface area (Å²) in [4.78, 5) is 0. The molecule has 0 radical (unpaired) electrons. The highest BCUT2D eigenvalue weighted by Crippen LogP contribution is 2.42. The van der Waals surface area contributed by atoms with E-state index in [1.807, 2.05) is 0 Å². The van der Waals surface area contributed by atoms with E-state index in [0.29, 0.717) is 0 Å². The van der Waals surface area contributed by atoms with Crippen molar-refractivity contribution in [1.82, 2.24) is 0 Å². The van der Waals surface area contributed by atoms with Crippen LogP contribution in [0.4, 0.5) is 0 Å². The molecule has 0 aromatic heterocycles. The third-order valence-electron chi connectivity index (χ3n) is 5.17. The molecule has 1 N–H and O–H groups in total. The minimum atomic E-state index is 0.0169. The third-order valence-corrected chi connectivity index (χ3v) is 5.17. The van der Waals surface area contributed by atoms with Crippen LogP contribution in [-0.4, -0.2) is 17.9 Å². The molecule has 0 aliphatic heterocycles. The quantitative estimate of drug-likeness (QED) is 0.703. The molecule has 0 heterocycles. The van der Waals surface area contributed by atoms with Gasteiger partial charge in [0.25, 0.3) is 0 Å². The fraction of sp³-hybridized carbons (Fsp3) is 1.00. The van der Waals surface area contributed by atoms with Gasteiger partial charge in [0.2, 0.25) is 0 Å². The molecule has 0 bridgehead atoms. The van der Waals surface area contributed by atoms with Gasteiger partial charge in [-0.1, -0.05) is 45.1 Å². The molecule has 0 unspecified atom stereocenters. The largest absolute Gasteiger partial charge is 0.393 e. The van der Waals surface area contributed by atoms with Gasteiger partial charge in [-0.05, 0) is 37.5 Å². The molecule has 2 aliphatic carbocycles. The van der Waals surface area contributed by atoms with E-state index in [4.69, 9.17) is 0 Å². The normalized spacial score (nSPS) is 40.7. The Morgan fingerprint density at radius 2 is 1.19 bits per heavy atom. The van der Waals surface area contributed by atoms with Crippen molar-refractivity contribution in [3.05, 3.63) is 0 Å². The number of rotatable bonds is 2. The Hall–Kier alpha value is 0.0249. The highest BCUT2D eigenvalue weighted by molar-refractivity contribution is 6.57. The molecule has 2 rings (SSSR count). The molecule has 2 saturated carbocycles. The number of aliphatic hydroxyl groups is 1. The molecule has 0 aromatic rings. The van der Waals surface area contributed by atoms with Gasteiger partial charge in [0.05, 0.1) is 6.10 Å². The van der Waals surface area contributed by atoms with Crippen LogP contribution in [0.2, 0.25) is 19.5 Å². The summed E-state index contributed by atoms with van der Waals surface area (Å²) in [5, 5.41) is 9.54. The van der Waals surface area contributed by atoms with Crippen LogP contribution in [0, 0.1) is 11.8 Å². The second-order valence-electron chi connectivity index (χ2n) is 6.49. The monoisotopic (exact) mass is 222 g/mol. The van der Waals surface area contributed by atoms with Crippen molar-refractivity contribution in [3.63, 3.8) is 0 Å². The fourth-order valence-corrected chi connectivity index (χ4v) is 3.86. The number of hydrogen-bond donors (Lipinski definition) is 1. The molecule has 2 fully saturated rings. The summed E-state index contributed by atoms with van der Waals surface area (Å²) in [5.74, 6) is 2.92. The Kier molecular flexibility index (Phi) is 4.35. The van der Waals surface area contributed by atoms with E-state index in [0.717, 1.165) is 37.2 Å². The lowest BCUT2D eigenvalue weighted by Crippen LogP contribution is -2.28. The minimum Gasteiger partial charge on any atom is -0.393 e. The zero-order chi connectivity index (χ0) is 11.5. The molecule has 2 heteroatoms. The zero-order valence-corrected chi connectivity index (χ0v) is 11.0. The molecular formula is C14H27BO. The van der Waals surface area contributed by atoms with Crippen molar-refractivity contribution in [2.24, 2.45) is 11.8 Å². The van der Waals surface area contributed by atoms with Gasteiger partial charge in [-0.2, -0.15) is 0 Å². The SMILES string of the molecule is CB(C)C1CCC(C2CCC(O)CC2)CC1. The predicted molar refractivity (Wildman–Crippen MR) is 71.2 cm³/mol. The van der Waals surface area contributed by atoms with Crippen LogP contribution in [0.1, 0.15) is 51.4 Å². The summed E-state index contributed by atoms with van der Waals surface area (Å²) >= 11 is 0. The summed E-state index contributed by atoms with van der Waals surface area (Å²) in [5.41, 5.74) is 0. The van der Waals surface area contributed by atoms with Crippen LogP contribution in [0.3, 0.4) is 0 Å². The van der Waals surface area contributed by atoms with Crippen LogP contribution in [0.5, 0.6) is 0 Å². The highest BCUT2D eigenvalue weighted by atomic mass is 16.3. The average Bonchev–Trinajstić information content (AvgIpc) is 2.30. The van der Waals surface area contributed by atoms with E-state index in [2.05, 4.69) is 13.6 Å². The van der Waals surface area contributed by atoms with E-state index in [1.165, 1.54) is 38.5 Å². The first-order valence-electron chi connectivity index (χ1n) is 7.35. The van der Waals surface area contributed by atoms with Gasteiger partial charge in [0.15, 0.2) is 0 Å². The first-order chi connectivity index (χ1) is 7.66. The summed E-state index contributed by atoms with van der Waals surface area (Å²) in [7, 11) is 0. The van der Waals surface area contributed by atoms with E-state index in [-0.39, 0.29) is 6.10 Å². The van der Waals surface area contributed by atoms with Gasteiger partial charge in [0.1, 0.15) is 6.71 Å². The van der Waals surface area contributed by atoms with Crippen molar-refractivity contribution in [2.45, 2.75) is 76.9 Å². The lowest BCUT2D eigenvalue weighted by atomic mass is 9.41. The topological polar surface area (TPSA) is 20.2 Å². The maximum atomic E-state index is 9.54. The van der Waals surface area contributed by atoms with Crippen molar-refractivity contribution in [1.29, 1.82) is 0 Å². The first kappa shape index (κ1) is 12.5. The molecule has 0 spiro atoms. The van der Waals surface area contributed by atoms with Crippen LogP contribution in [-0.2, 0) is 0 Å². The maximum absolute atomic E-state index is 9.54. The van der Waals surface area contributed by atoms with E-state index in [9.17, 15) is 5.11 Å². The Balaban J connectivity index is 1.76. The lowest BCUT2D eigenvalue weighted by molar-refractivity contribution is 0.0821. The lowest BCUT2D eigenvalue weighted by Gasteiger charge is -2.37. The van der Waals surface area contributed by atoms with E-state index in [1.54, 1.807) is 0 Å². The van der Waals surface area contributed by atoms with Crippen molar-refractivity contribution >= 4 is 6.71 Å². The molecule has 0 aromatic carbocycles. The summed E-state index contributed by atoms with van der Waals surface area (Å²) in [6.07, 6.45) is 10.6. The number of aliphatic hydroxyl groups excluding tert-OH is 1. The molecule has 2 aliphatic rings. The first-order valence-corrected chi connectivity index (χ1v) is 7.35. The van der Waals surface area contributed by atoms with Crippen LogP contribution in [0.15, 0.2) is 0 Å². The second-order valence-corrected chi connectivity index (χ2v) is 6.49. The van der Waals surface area contributed by atoms with Gasteiger partial charge in [-0.3, -0.25) is 0 Å². The molecular weight excluding hydrogens is 195 g/mol. The van der Waals surface area contributed by atoms with Crippen molar-refractivity contribution in [3.8, 4) is 0 Å². The molecule has 0 saturated heterocycles. The van der Waals surface area contributed by atoms with Crippen molar-refractivity contribution in [2.75, 3.05) is 0 Å². The Bertz CT molecular complexity index is 201.